The van der Waals surface area contributed by atoms with E-state index in [0.717, 1.165) is 0 Å². The van der Waals surface area contributed by atoms with Crippen LogP contribution in [0.2, 0.25) is 0 Å². The van der Waals surface area contributed by atoms with Gasteiger partial charge in [-0.1, -0.05) is 244 Å². The molecule has 6 aromatic carbocycles. The summed E-state index contributed by atoms with van der Waals surface area (Å²) in [4.78, 5) is 37.4. The first kappa shape index (κ1) is 93.6. The van der Waals surface area contributed by atoms with E-state index in [2.05, 4.69) is 251 Å². The van der Waals surface area contributed by atoms with Crippen molar-refractivity contribution in [3.63, 3.8) is 0 Å². The summed E-state index contributed by atoms with van der Waals surface area (Å²) in [6.45, 7) is 40.8. The van der Waals surface area contributed by atoms with Crippen LogP contribution in [0.15, 0.2) is 269 Å². The molecule has 0 saturated carbocycles. The van der Waals surface area contributed by atoms with Gasteiger partial charge < -0.3 is 0 Å². The summed E-state index contributed by atoms with van der Waals surface area (Å²) >= 11 is 21.4. The van der Waals surface area contributed by atoms with Crippen molar-refractivity contribution in [1.82, 2.24) is 0 Å². The van der Waals surface area contributed by atoms with Crippen molar-refractivity contribution in [3.05, 3.63) is 323 Å². The summed E-state index contributed by atoms with van der Waals surface area (Å²) in [5.74, 6) is 0.433. The Labute approximate surface area is 748 Å². The molecular formula is C100H110O6S12. The number of fused-ring (bicyclic) bond motifs is 13. The monoisotopic (exact) mass is 1790 g/mol. The van der Waals surface area contributed by atoms with Gasteiger partial charge >= 0.3 is 0 Å². The van der Waals surface area contributed by atoms with E-state index >= 15 is 0 Å². The molecule has 8 aliphatic heterocycles. The first-order chi connectivity index (χ1) is 58.1. The van der Waals surface area contributed by atoms with Crippen molar-refractivity contribution in [2.45, 2.75) is 178 Å². The largest absolute Gasteiger partial charge is 0.223 e. The molecule has 8 atom stereocenters. The second-order valence-electron chi connectivity index (χ2n) is 25.7. The van der Waals surface area contributed by atoms with Gasteiger partial charge in [-0.3, -0.25) is 0 Å². The lowest BCUT2D eigenvalue weighted by molar-refractivity contribution is -0.461. The molecule has 16 aromatic rings. The molecule has 0 N–H and O–H groups in total. The maximum Gasteiger partial charge on any atom is 0.203 e. The zero-order valence-corrected chi connectivity index (χ0v) is 81.0. The zero-order valence-electron chi connectivity index (χ0n) is 71.2. The lowest BCUT2D eigenvalue weighted by atomic mass is 9.69. The van der Waals surface area contributed by atoms with E-state index < -0.39 is 10.5 Å². The molecule has 0 amide bonds. The average Bonchev–Trinajstić information content (AvgIpc) is 1.35. The molecular weight excluding hydrogens is 1680 g/mol. The Balaban J connectivity index is 0.000000142. The van der Waals surface area contributed by atoms with Crippen LogP contribution in [-0.2, 0) is 51.1 Å². The predicted molar refractivity (Wildman–Crippen MR) is 535 cm³/mol. The first-order valence-electron chi connectivity index (χ1n) is 41.2. The molecule has 2 spiro atoms. The summed E-state index contributed by atoms with van der Waals surface area (Å²) < 4.78 is 7.05. The molecule has 10 aromatic heterocycles. The number of aryl methyl sites for hydroxylation is 2. The van der Waals surface area contributed by atoms with Crippen LogP contribution in [-0.4, -0.2) is 5.25 Å². The quantitative estimate of drug-likeness (QED) is 0.139. The Hall–Kier alpha value is -6.70. The molecule has 118 heavy (non-hydrogen) atoms. The third kappa shape index (κ3) is 18.6. The van der Waals surface area contributed by atoms with Crippen molar-refractivity contribution in [3.8, 4) is 0 Å². The van der Waals surface area contributed by atoms with Crippen molar-refractivity contribution < 1.29 is 29.3 Å². The fraction of sp³-hybridized carbons (Fsp3) is 0.280. The molecule has 18 heteroatoms. The smallest absolute Gasteiger partial charge is 0.203 e. The minimum atomic E-state index is -0.504. The molecule has 4 aliphatic carbocycles. The van der Waals surface area contributed by atoms with Crippen molar-refractivity contribution >= 4 is 221 Å². The Morgan fingerprint density at radius 3 is 1.40 bits per heavy atom. The van der Waals surface area contributed by atoms with E-state index in [1.807, 2.05) is 214 Å². The Morgan fingerprint density at radius 1 is 0.356 bits per heavy atom. The maximum atomic E-state index is 5.74. The van der Waals surface area contributed by atoms with Gasteiger partial charge in [-0.05, 0) is 230 Å². The highest BCUT2D eigenvalue weighted by molar-refractivity contribution is 8.03. The highest BCUT2D eigenvalue weighted by Crippen LogP contribution is 2.65. The molecule has 6 bridgehead atoms. The molecule has 18 heterocycles. The fourth-order valence-corrected chi connectivity index (χ4v) is 26.2. The van der Waals surface area contributed by atoms with Crippen molar-refractivity contribution in [2.24, 2.45) is 5.92 Å². The van der Waals surface area contributed by atoms with Gasteiger partial charge in [0.2, 0.25) is 4.93 Å². The summed E-state index contributed by atoms with van der Waals surface area (Å²) in [7, 11) is 0. The minimum Gasteiger partial charge on any atom is -0.223 e. The van der Waals surface area contributed by atoms with E-state index in [9.17, 15) is 0 Å². The maximum absolute atomic E-state index is 5.74. The second kappa shape index (κ2) is 44.9. The van der Waals surface area contributed by atoms with Crippen LogP contribution < -0.4 is 0 Å². The van der Waals surface area contributed by atoms with E-state index in [0.29, 0.717) is 11.2 Å². The molecule has 0 radical (unpaired) electrons. The van der Waals surface area contributed by atoms with E-state index in [1.54, 1.807) is 79.8 Å². The topological polar surface area (TPSA) is 55.4 Å². The second-order valence-corrected chi connectivity index (χ2v) is 36.8. The average molecular weight is 1790 g/mol. The van der Waals surface area contributed by atoms with Crippen LogP contribution in [0.25, 0.3) is 83.6 Å². The predicted octanol–water partition coefficient (Wildman–Crippen LogP) is 36.3. The minimum absolute atomic E-state index is 0.0513. The van der Waals surface area contributed by atoms with Gasteiger partial charge in [-0.2, -0.15) is 22.7 Å². The van der Waals surface area contributed by atoms with Crippen LogP contribution in [0.3, 0.4) is 0 Å². The first-order valence-corrected chi connectivity index (χ1v) is 52.0. The van der Waals surface area contributed by atoms with Crippen LogP contribution in [0.1, 0.15) is 190 Å². The number of thioether (sulfide) groups is 2. The summed E-state index contributed by atoms with van der Waals surface area (Å²) in [5, 5.41) is 42.4. The summed E-state index contributed by atoms with van der Waals surface area (Å²) in [6.07, 6.45) is 12.9. The van der Waals surface area contributed by atoms with Crippen LogP contribution in [0.5, 0.6) is 0 Å². The normalized spacial score (nSPS) is 20.9. The van der Waals surface area contributed by atoms with Crippen LogP contribution in [0, 0.1) is 19.8 Å². The Bertz CT molecular complexity index is 5610. The lowest BCUT2D eigenvalue weighted by Crippen LogP contribution is -2.59. The van der Waals surface area contributed by atoms with E-state index in [4.69, 9.17) is 29.3 Å². The standard InChI is InChI=1S/2C14H8O2S2.C14H8S2.C12H12O2S2.C12H10S2.C10H8.2C4H4S.8C2H6/c1-4-14-10(12-8(1)2-5-17-12)7-11(15-16-14)9-3-6-18-13(9)14;1-2-10-12(13-8(1)3-5-17-13)11-7-9-4-6-18-14(9,10)16-15-11;1-3-11-12(13-9(1)5-7-15-13)4-2-10-6-8-16-14(10)11;1-11-7-3-5-16-10(7)12(2,14-13-11)8-4-6-15-9(8)11;1-7-9-3-5-14-12(9)8(2)10-4-6-13-11(7)10;1-2-6-10-8-4-3-7-9(10)5-1;2*1-2-4-5-3-1;8*1-2/h2*1-7,11H;1-8H;3-7,10H,1-2H3;3-6H,1-2H3;1-8H;2*1-4H;8*1-2H3. The van der Waals surface area contributed by atoms with Crippen molar-refractivity contribution in [2.75, 3.05) is 0 Å². The highest BCUT2D eigenvalue weighted by atomic mass is 32.2. The number of rotatable bonds is 0. The van der Waals surface area contributed by atoms with Crippen molar-refractivity contribution in [1.29, 1.82) is 0 Å². The number of hydrogen-bond acceptors (Lipinski definition) is 18. The fourth-order valence-electron chi connectivity index (χ4n) is 14.9. The Morgan fingerprint density at radius 2 is 0.839 bits per heavy atom. The summed E-state index contributed by atoms with van der Waals surface area (Å²) in [6, 6.07) is 55.6. The number of benzene rings is 6. The van der Waals surface area contributed by atoms with Gasteiger partial charge in [0, 0.05) is 83.3 Å². The molecule has 1 fully saturated rings. The van der Waals surface area contributed by atoms with Gasteiger partial charge in [0.05, 0.1) is 10.1 Å². The molecule has 28 rings (SSSR count). The lowest BCUT2D eigenvalue weighted by Gasteiger charge is -2.54. The zero-order chi connectivity index (χ0) is 84.6. The third-order valence-corrected chi connectivity index (χ3v) is 31.8. The number of thiophene rings is 10. The molecule has 6 nitrogen and oxygen atoms in total. The SMILES string of the molecule is C1=CC23OOC(C=C2c2sccc21)c1ccsc13.C1=CC2=CC3OOC2(S1)c1ccc2ccsc2c13.CC.CC.CC.CC.CC.CC.CC.CC.CC12OOC(C)(c3ccsc31)C1SC=CC12.Cc1c2ccsc2c(C)c2ccsc12.c1cc2ccc3c(ccc4ccsc43)c2s1.c1ccc2ccccc2c1.c1ccsc1.c1ccsc1. The Kier molecular flexibility index (Phi) is 35.6. The highest BCUT2D eigenvalue weighted by Gasteiger charge is 2.64. The van der Waals surface area contributed by atoms with E-state index in [1.165, 1.54) is 137 Å². The van der Waals surface area contributed by atoms with Gasteiger partial charge in [0.25, 0.3) is 0 Å². The number of hydrogen-bond donors (Lipinski definition) is 0. The molecule has 618 valence electrons. The van der Waals surface area contributed by atoms with Crippen LogP contribution in [0.4, 0.5) is 0 Å². The molecule has 12 aliphatic rings. The van der Waals surface area contributed by atoms with Gasteiger partial charge in [0.15, 0.2) is 5.60 Å². The third-order valence-electron chi connectivity index (χ3n) is 20.0. The van der Waals surface area contributed by atoms with Crippen LogP contribution >= 0.6 is 137 Å². The molecule has 8 unspecified atom stereocenters. The van der Waals surface area contributed by atoms with E-state index in [-0.39, 0.29) is 23.4 Å². The molecule has 1 saturated heterocycles. The van der Waals surface area contributed by atoms with Gasteiger partial charge in [-0.25, -0.2) is 29.3 Å². The summed E-state index contributed by atoms with van der Waals surface area (Å²) in [5.41, 5.74) is 10.7. The van der Waals surface area contributed by atoms with Gasteiger partial charge in [-0.15, -0.1) is 102 Å². The van der Waals surface area contributed by atoms with Gasteiger partial charge in [0.1, 0.15) is 23.4 Å².